The molecule has 0 bridgehead atoms. The maximum Gasteiger partial charge on any atom is 0.409 e. The van der Waals surface area contributed by atoms with Crippen LogP contribution in [-0.4, -0.2) is 67.7 Å². The predicted molar refractivity (Wildman–Crippen MR) is 83.1 cm³/mol. The van der Waals surface area contributed by atoms with Gasteiger partial charge in [0, 0.05) is 25.0 Å². The maximum atomic E-state index is 12.3. The summed E-state index contributed by atoms with van der Waals surface area (Å²) in [6.07, 6.45) is 8.34. The average molecular weight is 307 g/mol. The lowest BCUT2D eigenvalue weighted by Gasteiger charge is -2.34. The highest BCUT2D eigenvalue weighted by Crippen LogP contribution is 2.18. The first kappa shape index (κ1) is 16.6. The molecular formula is C16H25N3O3. The Balaban J connectivity index is 1.70. The molecule has 0 saturated carbocycles. The number of methoxy groups -OCH3 is 1. The van der Waals surface area contributed by atoms with Crippen LogP contribution in [0.1, 0.15) is 25.7 Å². The minimum absolute atomic E-state index is 0.0904. The highest BCUT2D eigenvalue weighted by molar-refractivity contribution is 5.79. The number of nitrogens with one attached hydrogen (secondary N) is 1. The number of amides is 2. The summed E-state index contributed by atoms with van der Waals surface area (Å²) in [4.78, 5) is 27.6. The summed E-state index contributed by atoms with van der Waals surface area (Å²) in [6.45, 7) is 3.73. The first-order chi connectivity index (χ1) is 10.6. The van der Waals surface area contributed by atoms with Gasteiger partial charge in [0.25, 0.3) is 0 Å². The number of likely N-dealkylation sites (tertiary alicyclic amines) is 2. The molecule has 2 aliphatic heterocycles. The van der Waals surface area contributed by atoms with E-state index < -0.39 is 0 Å². The molecule has 0 unspecified atom stereocenters. The van der Waals surface area contributed by atoms with Crippen molar-refractivity contribution in [2.24, 2.45) is 5.92 Å². The van der Waals surface area contributed by atoms with E-state index in [0.717, 1.165) is 38.8 Å². The molecule has 0 aromatic carbocycles. The Morgan fingerprint density at radius 2 is 1.82 bits per heavy atom. The van der Waals surface area contributed by atoms with Crippen molar-refractivity contribution in [1.82, 2.24) is 15.1 Å². The molecule has 2 aliphatic rings. The summed E-state index contributed by atoms with van der Waals surface area (Å²) in [5, 5.41) is 3.14. The molecule has 0 aromatic heterocycles. The highest BCUT2D eigenvalue weighted by atomic mass is 16.5. The van der Waals surface area contributed by atoms with E-state index in [1.165, 1.54) is 7.11 Å². The van der Waals surface area contributed by atoms with Crippen LogP contribution in [0.25, 0.3) is 0 Å². The number of ether oxygens (including phenoxy) is 1. The summed E-state index contributed by atoms with van der Waals surface area (Å²) in [7, 11) is 1.39. The van der Waals surface area contributed by atoms with Gasteiger partial charge in [-0.3, -0.25) is 9.69 Å². The highest BCUT2D eigenvalue weighted by Gasteiger charge is 2.28. The molecule has 2 fully saturated rings. The molecule has 1 N–H and O–H groups in total. The molecular weight excluding hydrogens is 282 g/mol. The van der Waals surface area contributed by atoms with Crippen molar-refractivity contribution in [3.8, 4) is 12.3 Å². The zero-order chi connectivity index (χ0) is 15.9. The SMILES string of the molecule is C#CCN1CCC(C(=O)NC2CCN(C(=O)OC)CC2)CC1. The molecule has 6 nitrogen and oxygen atoms in total. The Morgan fingerprint density at radius 1 is 1.18 bits per heavy atom. The number of carbonyl (C=O) groups is 2. The lowest BCUT2D eigenvalue weighted by Crippen LogP contribution is -2.49. The van der Waals surface area contributed by atoms with Crippen molar-refractivity contribution in [3.63, 3.8) is 0 Å². The van der Waals surface area contributed by atoms with Crippen molar-refractivity contribution in [3.05, 3.63) is 0 Å². The van der Waals surface area contributed by atoms with Gasteiger partial charge in [-0.15, -0.1) is 6.42 Å². The first-order valence-electron chi connectivity index (χ1n) is 7.93. The van der Waals surface area contributed by atoms with Gasteiger partial charge in [-0.2, -0.15) is 0 Å². The quantitative estimate of drug-likeness (QED) is 0.779. The number of piperidine rings is 2. The molecule has 2 amide bonds. The topological polar surface area (TPSA) is 61.9 Å². The predicted octanol–water partition coefficient (Wildman–Crippen LogP) is 0.679. The normalized spacial score (nSPS) is 21.2. The number of terminal acetylenes is 1. The number of nitrogens with zero attached hydrogens (tertiary/aromatic N) is 2. The summed E-state index contributed by atoms with van der Waals surface area (Å²) < 4.78 is 4.71. The second-order valence-electron chi connectivity index (χ2n) is 5.99. The average Bonchev–Trinajstić information content (AvgIpc) is 2.55. The summed E-state index contributed by atoms with van der Waals surface area (Å²) in [6, 6.07) is 0.164. The van der Waals surface area contributed by atoms with Gasteiger partial charge in [-0.05, 0) is 38.8 Å². The maximum absolute atomic E-state index is 12.3. The van der Waals surface area contributed by atoms with Crippen molar-refractivity contribution in [1.29, 1.82) is 0 Å². The minimum Gasteiger partial charge on any atom is -0.453 e. The Kier molecular flexibility index (Phi) is 6.08. The molecule has 6 heteroatoms. The number of rotatable bonds is 3. The van der Waals surface area contributed by atoms with Gasteiger partial charge in [0.1, 0.15) is 0 Å². The van der Waals surface area contributed by atoms with Crippen LogP contribution in [0.4, 0.5) is 4.79 Å². The van der Waals surface area contributed by atoms with E-state index in [-0.39, 0.29) is 24.0 Å². The summed E-state index contributed by atoms with van der Waals surface area (Å²) >= 11 is 0. The smallest absolute Gasteiger partial charge is 0.409 e. The van der Waals surface area contributed by atoms with Gasteiger partial charge in [0.15, 0.2) is 0 Å². The first-order valence-corrected chi connectivity index (χ1v) is 7.93. The third kappa shape index (κ3) is 4.38. The molecule has 22 heavy (non-hydrogen) atoms. The van der Waals surface area contributed by atoms with Gasteiger partial charge >= 0.3 is 6.09 Å². The zero-order valence-electron chi connectivity index (χ0n) is 13.2. The Bertz CT molecular complexity index is 430. The van der Waals surface area contributed by atoms with Gasteiger partial charge in [-0.1, -0.05) is 5.92 Å². The van der Waals surface area contributed by atoms with E-state index in [1.807, 2.05) is 0 Å². The van der Waals surface area contributed by atoms with Crippen LogP contribution in [0.2, 0.25) is 0 Å². The molecule has 2 rings (SSSR count). The number of hydrogen-bond donors (Lipinski definition) is 1. The van der Waals surface area contributed by atoms with E-state index in [4.69, 9.17) is 11.2 Å². The number of carbonyl (C=O) groups excluding carboxylic acids is 2. The van der Waals surface area contributed by atoms with Crippen LogP contribution in [-0.2, 0) is 9.53 Å². The second-order valence-corrected chi connectivity index (χ2v) is 5.99. The molecule has 0 aliphatic carbocycles. The fraction of sp³-hybridized carbons (Fsp3) is 0.750. The van der Waals surface area contributed by atoms with Crippen LogP contribution in [0.15, 0.2) is 0 Å². The van der Waals surface area contributed by atoms with E-state index in [0.29, 0.717) is 19.6 Å². The van der Waals surface area contributed by atoms with Crippen LogP contribution in [0.3, 0.4) is 0 Å². The monoisotopic (exact) mass is 307 g/mol. The lowest BCUT2D eigenvalue weighted by atomic mass is 9.94. The molecule has 0 atom stereocenters. The molecule has 0 spiro atoms. The Morgan fingerprint density at radius 3 is 2.36 bits per heavy atom. The van der Waals surface area contributed by atoms with E-state index in [2.05, 4.69) is 16.1 Å². The van der Waals surface area contributed by atoms with Crippen molar-refractivity contribution >= 4 is 12.0 Å². The van der Waals surface area contributed by atoms with Crippen LogP contribution >= 0.6 is 0 Å². The third-order valence-electron chi connectivity index (χ3n) is 4.55. The second kappa shape index (κ2) is 8.04. The molecule has 122 valence electrons. The summed E-state index contributed by atoms with van der Waals surface area (Å²) in [5.74, 6) is 2.89. The van der Waals surface area contributed by atoms with E-state index >= 15 is 0 Å². The number of hydrogen-bond acceptors (Lipinski definition) is 4. The zero-order valence-corrected chi connectivity index (χ0v) is 13.2. The van der Waals surface area contributed by atoms with Crippen molar-refractivity contribution in [2.45, 2.75) is 31.7 Å². The molecule has 2 heterocycles. The van der Waals surface area contributed by atoms with Crippen LogP contribution in [0, 0.1) is 18.3 Å². The fourth-order valence-corrected chi connectivity index (χ4v) is 3.14. The van der Waals surface area contributed by atoms with Gasteiger partial charge in [0.2, 0.25) is 5.91 Å². The Labute approximate surface area is 132 Å². The van der Waals surface area contributed by atoms with Crippen molar-refractivity contribution in [2.75, 3.05) is 39.8 Å². The third-order valence-corrected chi connectivity index (χ3v) is 4.55. The Hall–Kier alpha value is -1.74. The van der Waals surface area contributed by atoms with Gasteiger partial charge in [0.05, 0.1) is 13.7 Å². The van der Waals surface area contributed by atoms with Crippen LogP contribution in [0.5, 0.6) is 0 Å². The van der Waals surface area contributed by atoms with Gasteiger partial charge < -0.3 is 15.0 Å². The van der Waals surface area contributed by atoms with Gasteiger partial charge in [-0.25, -0.2) is 4.79 Å². The fourth-order valence-electron chi connectivity index (χ4n) is 3.14. The largest absolute Gasteiger partial charge is 0.453 e. The molecule has 2 saturated heterocycles. The standard InChI is InChI=1S/C16H25N3O3/c1-3-8-18-9-4-13(5-10-18)15(20)17-14-6-11-19(12-7-14)16(21)22-2/h1,13-14H,4-12H2,2H3,(H,17,20). The van der Waals surface area contributed by atoms with Crippen LogP contribution < -0.4 is 5.32 Å². The minimum atomic E-state index is -0.286. The van der Waals surface area contributed by atoms with E-state index in [9.17, 15) is 9.59 Å². The molecule has 0 radical (unpaired) electrons. The summed E-state index contributed by atoms with van der Waals surface area (Å²) in [5.41, 5.74) is 0. The molecule has 0 aromatic rings. The van der Waals surface area contributed by atoms with Crippen molar-refractivity contribution < 1.29 is 14.3 Å². The lowest BCUT2D eigenvalue weighted by molar-refractivity contribution is -0.127. The van der Waals surface area contributed by atoms with E-state index in [1.54, 1.807) is 4.90 Å².